The lowest BCUT2D eigenvalue weighted by Crippen LogP contribution is -1.98. The number of aromatic nitrogens is 4. The first kappa shape index (κ1) is 12.7. The molecule has 0 unspecified atom stereocenters. The lowest BCUT2D eigenvalue weighted by molar-refractivity contribution is 1.03. The molecule has 4 nitrogen and oxygen atoms in total. The number of hydrogen-bond donors (Lipinski definition) is 1. The summed E-state index contributed by atoms with van der Waals surface area (Å²) in [5, 5.41) is 7.16. The van der Waals surface area contributed by atoms with E-state index in [1.807, 2.05) is 16.7 Å². The maximum Gasteiger partial charge on any atom is 0.200 e. The van der Waals surface area contributed by atoms with Crippen molar-refractivity contribution in [1.29, 1.82) is 0 Å². The Labute approximate surface area is 122 Å². The highest BCUT2D eigenvalue weighted by atomic mass is 32.1. The summed E-state index contributed by atoms with van der Waals surface area (Å²) in [5.41, 5.74) is 3.23. The first-order valence-electron chi connectivity index (χ1n) is 6.46. The Morgan fingerprint density at radius 3 is 2.65 bits per heavy atom. The summed E-state index contributed by atoms with van der Waals surface area (Å²) in [6.45, 7) is 2.14. The van der Waals surface area contributed by atoms with Gasteiger partial charge in [0.25, 0.3) is 0 Å². The number of hydrogen-bond acceptors (Lipinski definition) is 3. The van der Waals surface area contributed by atoms with E-state index in [2.05, 4.69) is 46.4 Å². The third-order valence-electron chi connectivity index (χ3n) is 3.19. The van der Waals surface area contributed by atoms with E-state index in [1.165, 1.54) is 5.56 Å². The quantitative estimate of drug-likeness (QED) is 0.747. The average Bonchev–Trinajstić information content (AvgIpc) is 2.90. The van der Waals surface area contributed by atoms with Gasteiger partial charge >= 0.3 is 0 Å². The van der Waals surface area contributed by atoms with Gasteiger partial charge < -0.3 is 0 Å². The topological polar surface area (TPSA) is 46.5 Å². The fraction of sp³-hybridized carbons (Fsp3) is 0.133. The van der Waals surface area contributed by atoms with Crippen LogP contribution in [0.3, 0.4) is 0 Å². The lowest BCUT2D eigenvalue weighted by Gasteiger charge is -2.07. The average molecular weight is 282 g/mol. The number of aryl methyl sites for hydroxylation is 1. The zero-order valence-corrected chi connectivity index (χ0v) is 11.9. The molecule has 1 N–H and O–H groups in total. The molecule has 0 aliphatic rings. The molecular formula is C15H14N4S. The minimum atomic E-state index is 0.577. The first-order valence-corrected chi connectivity index (χ1v) is 6.87. The summed E-state index contributed by atoms with van der Waals surface area (Å²) in [6, 6.07) is 12.2. The Balaban J connectivity index is 2.14. The van der Waals surface area contributed by atoms with E-state index >= 15 is 0 Å². The first-order chi connectivity index (χ1) is 9.79. The second-order valence-corrected chi connectivity index (χ2v) is 4.84. The molecular weight excluding hydrogens is 268 g/mol. The molecule has 2 aromatic heterocycles. The zero-order valence-electron chi connectivity index (χ0n) is 11.1. The third kappa shape index (κ3) is 2.28. The van der Waals surface area contributed by atoms with Gasteiger partial charge in [-0.2, -0.15) is 5.10 Å². The molecule has 0 spiro atoms. The van der Waals surface area contributed by atoms with Gasteiger partial charge in [0.2, 0.25) is 0 Å². The van der Waals surface area contributed by atoms with Gasteiger partial charge in [-0.15, -0.1) is 0 Å². The highest BCUT2D eigenvalue weighted by Crippen LogP contribution is 2.20. The molecule has 3 aromatic rings. The van der Waals surface area contributed by atoms with Gasteiger partial charge in [0.1, 0.15) is 0 Å². The van der Waals surface area contributed by atoms with E-state index in [0.29, 0.717) is 4.77 Å². The predicted molar refractivity (Wildman–Crippen MR) is 81.4 cm³/mol. The second-order valence-electron chi connectivity index (χ2n) is 4.45. The van der Waals surface area contributed by atoms with Gasteiger partial charge in [0, 0.05) is 23.6 Å². The number of nitrogens with zero attached hydrogens (tertiary/aromatic N) is 3. The monoisotopic (exact) mass is 282 g/mol. The van der Waals surface area contributed by atoms with Crippen molar-refractivity contribution in [2.45, 2.75) is 13.3 Å². The van der Waals surface area contributed by atoms with Crippen LogP contribution >= 0.6 is 12.2 Å². The van der Waals surface area contributed by atoms with Crippen molar-refractivity contribution in [1.82, 2.24) is 19.7 Å². The van der Waals surface area contributed by atoms with Crippen LogP contribution < -0.4 is 0 Å². The molecule has 0 amide bonds. The molecule has 3 rings (SSSR count). The van der Waals surface area contributed by atoms with Gasteiger partial charge in [-0.3, -0.25) is 14.6 Å². The Hall–Kier alpha value is -2.27. The van der Waals surface area contributed by atoms with Crippen molar-refractivity contribution in [2.24, 2.45) is 0 Å². The van der Waals surface area contributed by atoms with Gasteiger partial charge in [0.05, 0.1) is 0 Å². The van der Waals surface area contributed by atoms with E-state index in [9.17, 15) is 0 Å². The number of rotatable bonds is 3. The van der Waals surface area contributed by atoms with Crippen molar-refractivity contribution < 1.29 is 0 Å². The molecule has 1 aromatic carbocycles. The van der Waals surface area contributed by atoms with Crippen LogP contribution in [0.5, 0.6) is 0 Å². The maximum absolute atomic E-state index is 5.34. The van der Waals surface area contributed by atoms with Gasteiger partial charge in [0.15, 0.2) is 10.6 Å². The normalized spacial score (nSPS) is 10.7. The van der Waals surface area contributed by atoms with Crippen molar-refractivity contribution >= 4 is 12.2 Å². The Morgan fingerprint density at radius 2 is 2.00 bits per heavy atom. The third-order valence-corrected chi connectivity index (χ3v) is 3.47. The van der Waals surface area contributed by atoms with E-state index < -0.39 is 0 Å². The van der Waals surface area contributed by atoms with Gasteiger partial charge in [-0.1, -0.05) is 19.1 Å². The maximum atomic E-state index is 5.34. The van der Waals surface area contributed by atoms with Crippen LogP contribution in [0.2, 0.25) is 0 Å². The largest absolute Gasteiger partial charge is 0.268 e. The van der Waals surface area contributed by atoms with Gasteiger partial charge in [-0.05, 0) is 48.5 Å². The molecule has 0 saturated heterocycles. The van der Waals surface area contributed by atoms with E-state index in [-0.39, 0.29) is 0 Å². The number of benzene rings is 1. The van der Waals surface area contributed by atoms with Crippen LogP contribution in [0.1, 0.15) is 12.5 Å². The second kappa shape index (κ2) is 5.38. The van der Waals surface area contributed by atoms with Crippen LogP contribution in [0.4, 0.5) is 0 Å². The van der Waals surface area contributed by atoms with E-state index in [0.717, 1.165) is 23.5 Å². The molecule has 0 aliphatic heterocycles. The minimum absolute atomic E-state index is 0.577. The van der Waals surface area contributed by atoms with E-state index in [1.54, 1.807) is 12.4 Å². The molecule has 0 radical (unpaired) electrons. The molecule has 100 valence electrons. The zero-order chi connectivity index (χ0) is 13.9. The van der Waals surface area contributed by atoms with Crippen LogP contribution in [0.15, 0.2) is 48.8 Å². The fourth-order valence-corrected chi connectivity index (χ4v) is 2.34. The molecule has 0 fully saturated rings. The van der Waals surface area contributed by atoms with Crippen LogP contribution in [-0.4, -0.2) is 19.7 Å². The van der Waals surface area contributed by atoms with Crippen LogP contribution in [0, 0.1) is 4.77 Å². The predicted octanol–water partition coefficient (Wildman–Crippen LogP) is 3.55. The lowest BCUT2D eigenvalue weighted by atomic mass is 10.1. The number of H-pyrrole nitrogens is 1. The Morgan fingerprint density at radius 1 is 1.20 bits per heavy atom. The highest BCUT2D eigenvalue weighted by Gasteiger charge is 2.10. The molecule has 5 heteroatoms. The molecule has 0 saturated carbocycles. The van der Waals surface area contributed by atoms with Crippen molar-refractivity contribution in [3.8, 4) is 17.1 Å². The number of nitrogens with one attached hydrogen (secondary N) is 1. The summed E-state index contributed by atoms with van der Waals surface area (Å²) < 4.78 is 2.50. The Bertz CT molecular complexity index is 757. The summed E-state index contributed by atoms with van der Waals surface area (Å²) in [5.74, 6) is 0.771. The molecule has 0 atom stereocenters. The van der Waals surface area contributed by atoms with Crippen LogP contribution in [0.25, 0.3) is 17.1 Å². The molecule has 0 aliphatic carbocycles. The molecule has 20 heavy (non-hydrogen) atoms. The highest BCUT2D eigenvalue weighted by molar-refractivity contribution is 7.71. The standard InChI is InChI=1S/C15H14N4S/c1-2-11-5-7-13(8-6-11)19-14(17-18-15(19)20)12-4-3-9-16-10-12/h3-10H,2H2,1H3,(H,18,20). The van der Waals surface area contributed by atoms with Crippen molar-refractivity contribution in [2.75, 3.05) is 0 Å². The summed E-state index contributed by atoms with van der Waals surface area (Å²) in [7, 11) is 0. The SMILES string of the molecule is CCc1ccc(-n2c(-c3cccnc3)n[nH]c2=S)cc1. The summed E-state index contributed by atoms with van der Waals surface area (Å²) >= 11 is 5.34. The van der Waals surface area contributed by atoms with E-state index in [4.69, 9.17) is 12.2 Å². The Kier molecular flexibility index (Phi) is 3.43. The molecule has 2 heterocycles. The van der Waals surface area contributed by atoms with Gasteiger partial charge in [-0.25, -0.2) is 0 Å². The van der Waals surface area contributed by atoms with Crippen molar-refractivity contribution in [3.63, 3.8) is 0 Å². The summed E-state index contributed by atoms with van der Waals surface area (Å²) in [6.07, 6.45) is 4.54. The number of pyridine rings is 1. The molecule has 0 bridgehead atoms. The van der Waals surface area contributed by atoms with Crippen LogP contribution in [-0.2, 0) is 6.42 Å². The smallest absolute Gasteiger partial charge is 0.200 e. The minimum Gasteiger partial charge on any atom is -0.268 e. The van der Waals surface area contributed by atoms with Crippen molar-refractivity contribution in [3.05, 3.63) is 59.1 Å². The number of aromatic amines is 1. The summed E-state index contributed by atoms with van der Waals surface area (Å²) in [4.78, 5) is 4.13. The fourth-order valence-electron chi connectivity index (χ4n) is 2.11.